The number of ketones is 1. The lowest BCUT2D eigenvalue weighted by Gasteiger charge is -2.15. The highest BCUT2D eigenvalue weighted by atomic mass is 79.9. The summed E-state index contributed by atoms with van der Waals surface area (Å²) in [6, 6.07) is 4.52. The first-order valence-corrected chi connectivity index (χ1v) is 5.50. The zero-order valence-corrected chi connectivity index (χ0v) is 10.4. The fourth-order valence-corrected chi connectivity index (χ4v) is 1.81. The first kappa shape index (κ1) is 13.1. The number of Topliss-reactive ketones (excluding diaryl/α,β-unsaturated/α-hetero) is 1. The lowest BCUT2D eigenvalue weighted by atomic mass is 10.0. The summed E-state index contributed by atoms with van der Waals surface area (Å²) in [6.45, 7) is 1.34. The van der Waals surface area contributed by atoms with E-state index in [1.54, 1.807) is 6.07 Å². The predicted molar refractivity (Wildman–Crippen MR) is 60.3 cm³/mol. The van der Waals surface area contributed by atoms with Gasteiger partial charge in [0.25, 0.3) is 6.43 Å². The molecule has 1 unspecified atom stereocenters. The molecule has 5 heteroatoms. The minimum atomic E-state index is -2.68. The average molecular weight is 293 g/mol. The van der Waals surface area contributed by atoms with Gasteiger partial charge in [-0.3, -0.25) is 4.79 Å². The van der Waals surface area contributed by atoms with Crippen molar-refractivity contribution in [2.24, 2.45) is 0 Å². The third kappa shape index (κ3) is 2.58. The van der Waals surface area contributed by atoms with Crippen molar-refractivity contribution in [1.82, 2.24) is 0 Å². The standard InChI is InChI=1S/C11H11BrF2O2/c1-6(15)10(12)7-4-3-5-8(16-2)9(7)11(13)14/h3-5,10-11H,1-2H3. The molecule has 0 aliphatic heterocycles. The SMILES string of the molecule is COc1cccc(C(Br)C(C)=O)c1C(F)F. The number of benzene rings is 1. The molecule has 0 aromatic heterocycles. The van der Waals surface area contributed by atoms with Crippen molar-refractivity contribution in [3.8, 4) is 5.75 Å². The molecule has 16 heavy (non-hydrogen) atoms. The topological polar surface area (TPSA) is 26.3 Å². The summed E-state index contributed by atoms with van der Waals surface area (Å²) in [5, 5.41) is 0. The van der Waals surface area contributed by atoms with Crippen molar-refractivity contribution in [2.75, 3.05) is 7.11 Å². The molecule has 0 radical (unpaired) electrons. The molecule has 0 N–H and O–H groups in total. The van der Waals surface area contributed by atoms with Crippen molar-refractivity contribution >= 4 is 21.7 Å². The first-order chi connectivity index (χ1) is 7.49. The maximum Gasteiger partial charge on any atom is 0.267 e. The molecule has 0 bridgehead atoms. The Balaban J connectivity index is 3.32. The largest absolute Gasteiger partial charge is 0.496 e. The number of carbonyl (C=O) groups excluding carboxylic acids is 1. The lowest BCUT2D eigenvalue weighted by Crippen LogP contribution is -2.06. The van der Waals surface area contributed by atoms with Crippen LogP contribution in [0.2, 0.25) is 0 Å². The molecular weight excluding hydrogens is 282 g/mol. The predicted octanol–water partition coefficient (Wildman–Crippen LogP) is 3.66. The third-order valence-electron chi connectivity index (χ3n) is 2.17. The van der Waals surface area contributed by atoms with Crippen LogP contribution >= 0.6 is 15.9 Å². The zero-order valence-electron chi connectivity index (χ0n) is 8.84. The highest BCUT2D eigenvalue weighted by molar-refractivity contribution is 9.09. The normalized spacial score (nSPS) is 12.6. The van der Waals surface area contributed by atoms with Crippen molar-refractivity contribution in [3.63, 3.8) is 0 Å². The van der Waals surface area contributed by atoms with Crippen LogP contribution in [0, 0.1) is 0 Å². The summed E-state index contributed by atoms with van der Waals surface area (Å²) in [4.78, 5) is 10.5. The van der Waals surface area contributed by atoms with Gasteiger partial charge in [0, 0.05) is 0 Å². The van der Waals surface area contributed by atoms with Crippen LogP contribution in [0.1, 0.15) is 29.3 Å². The second-order valence-electron chi connectivity index (χ2n) is 3.24. The third-order valence-corrected chi connectivity index (χ3v) is 3.31. The van der Waals surface area contributed by atoms with E-state index in [9.17, 15) is 13.6 Å². The molecule has 0 spiro atoms. The summed E-state index contributed by atoms with van der Waals surface area (Å²) >= 11 is 3.09. The second kappa shape index (κ2) is 5.39. The molecule has 1 atom stereocenters. The fourth-order valence-electron chi connectivity index (χ4n) is 1.41. The Morgan fingerprint density at radius 2 is 2.06 bits per heavy atom. The van der Waals surface area contributed by atoms with Gasteiger partial charge in [-0.1, -0.05) is 28.1 Å². The van der Waals surface area contributed by atoms with Crippen molar-refractivity contribution in [2.45, 2.75) is 18.2 Å². The molecular formula is C11H11BrF2O2. The number of ether oxygens (including phenoxy) is 1. The van der Waals surface area contributed by atoms with Gasteiger partial charge in [0.2, 0.25) is 0 Å². The Kier molecular flexibility index (Phi) is 4.41. The number of alkyl halides is 3. The maximum absolute atomic E-state index is 12.9. The van der Waals surface area contributed by atoms with E-state index in [1.807, 2.05) is 0 Å². The van der Waals surface area contributed by atoms with E-state index in [4.69, 9.17) is 4.74 Å². The molecule has 2 nitrogen and oxygen atoms in total. The van der Waals surface area contributed by atoms with Gasteiger partial charge >= 0.3 is 0 Å². The van der Waals surface area contributed by atoms with Crippen LogP contribution in [0.25, 0.3) is 0 Å². The Morgan fingerprint density at radius 3 is 2.50 bits per heavy atom. The Labute approximate surface area is 101 Å². The van der Waals surface area contributed by atoms with Crippen LogP contribution in [0.5, 0.6) is 5.75 Å². The van der Waals surface area contributed by atoms with Gasteiger partial charge in [-0.25, -0.2) is 8.78 Å². The van der Waals surface area contributed by atoms with Crippen molar-refractivity contribution < 1.29 is 18.3 Å². The van der Waals surface area contributed by atoms with Crippen LogP contribution in [0.4, 0.5) is 8.78 Å². The summed E-state index contributed by atoms with van der Waals surface area (Å²) in [5.41, 5.74) is 0.0175. The summed E-state index contributed by atoms with van der Waals surface area (Å²) in [5.74, 6) is -0.131. The van der Waals surface area contributed by atoms with Gasteiger partial charge in [-0.2, -0.15) is 0 Å². The minimum Gasteiger partial charge on any atom is -0.496 e. The average Bonchev–Trinajstić information content (AvgIpc) is 2.26. The number of methoxy groups -OCH3 is 1. The van der Waals surface area contributed by atoms with E-state index >= 15 is 0 Å². The molecule has 0 aliphatic rings. The van der Waals surface area contributed by atoms with Crippen LogP contribution < -0.4 is 4.74 Å². The van der Waals surface area contributed by atoms with Crippen LogP contribution in [0.15, 0.2) is 18.2 Å². The van der Waals surface area contributed by atoms with E-state index in [-0.39, 0.29) is 22.7 Å². The molecule has 1 aromatic rings. The van der Waals surface area contributed by atoms with Crippen LogP contribution in [-0.2, 0) is 4.79 Å². The van der Waals surface area contributed by atoms with Crippen LogP contribution in [0.3, 0.4) is 0 Å². The second-order valence-corrected chi connectivity index (χ2v) is 4.15. The van der Waals surface area contributed by atoms with E-state index in [0.717, 1.165) is 0 Å². The van der Waals surface area contributed by atoms with E-state index in [1.165, 1.54) is 26.2 Å². The van der Waals surface area contributed by atoms with Crippen LogP contribution in [-0.4, -0.2) is 12.9 Å². The lowest BCUT2D eigenvalue weighted by molar-refractivity contribution is -0.116. The minimum absolute atomic E-state index is 0.0956. The number of rotatable bonds is 4. The molecule has 88 valence electrons. The number of hydrogen-bond acceptors (Lipinski definition) is 2. The molecule has 0 saturated carbocycles. The van der Waals surface area contributed by atoms with E-state index in [2.05, 4.69) is 15.9 Å². The Morgan fingerprint density at radius 1 is 1.44 bits per heavy atom. The molecule has 1 rings (SSSR count). The molecule has 0 amide bonds. The monoisotopic (exact) mass is 292 g/mol. The number of halogens is 3. The highest BCUT2D eigenvalue weighted by Crippen LogP contribution is 2.38. The van der Waals surface area contributed by atoms with Crippen molar-refractivity contribution in [1.29, 1.82) is 0 Å². The van der Waals surface area contributed by atoms with Gasteiger partial charge in [0.1, 0.15) is 11.5 Å². The zero-order chi connectivity index (χ0) is 12.3. The summed E-state index contributed by atoms with van der Waals surface area (Å²) in [6.07, 6.45) is -2.68. The molecule has 0 heterocycles. The Bertz CT molecular complexity index is 394. The fraction of sp³-hybridized carbons (Fsp3) is 0.364. The summed E-state index contributed by atoms with van der Waals surface area (Å²) < 4.78 is 30.6. The number of hydrogen-bond donors (Lipinski definition) is 0. The van der Waals surface area contributed by atoms with Gasteiger partial charge in [-0.05, 0) is 18.6 Å². The smallest absolute Gasteiger partial charge is 0.267 e. The van der Waals surface area contributed by atoms with E-state index in [0.29, 0.717) is 0 Å². The molecule has 0 saturated heterocycles. The van der Waals surface area contributed by atoms with Gasteiger partial charge in [0.15, 0.2) is 0 Å². The summed E-state index contributed by atoms with van der Waals surface area (Å²) in [7, 11) is 1.32. The van der Waals surface area contributed by atoms with Crippen molar-refractivity contribution in [3.05, 3.63) is 29.3 Å². The molecule has 1 aromatic carbocycles. The van der Waals surface area contributed by atoms with Gasteiger partial charge in [-0.15, -0.1) is 0 Å². The van der Waals surface area contributed by atoms with Gasteiger partial charge < -0.3 is 4.74 Å². The van der Waals surface area contributed by atoms with Gasteiger partial charge in [0.05, 0.1) is 17.5 Å². The quantitative estimate of drug-likeness (QED) is 0.792. The van der Waals surface area contributed by atoms with E-state index < -0.39 is 11.3 Å². The first-order valence-electron chi connectivity index (χ1n) is 4.58. The Hall–Kier alpha value is -0.970. The number of carbonyl (C=O) groups is 1. The molecule has 0 fully saturated rings. The molecule has 0 aliphatic carbocycles. The highest BCUT2D eigenvalue weighted by Gasteiger charge is 2.24. The maximum atomic E-state index is 12.9.